The van der Waals surface area contributed by atoms with Crippen LogP contribution in [0.25, 0.3) is 0 Å². The molecule has 2 N–H and O–H groups in total. The van der Waals surface area contributed by atoms with Crippen molar-refractivity contribution in [3.8, 4) is 0 Å². The molecule has 0 bridgehead atoms. The number of hydrogen-bond donors (Lipinski definition) is 1. The Hall–Kier alpha value is -1.88. The zero-order valence-electron chi connectivity index (χ0n) is 11.1. The summed E-state index contributed by atoms with van der Waals surface area (Å²) in [5.74, 6) is 0.0890. The number of nitrogens with two attached hydrogens (primary N) is 1. The number of amides is 2. The van der Waals surface area contributed by atoms with Crippen molar-refractivity contribution in [2.75, 3.05) is 26.2 Å². The number of carbonyl (C=O) groups excluding carboxylic acids is 2. The standard InChI is InChI=1S/C14H19N3O2/c1-11(18)16-6-8-17(9-7-16)14(19)13-4-2-12(10-15)3-5-13/h2-5H,6-10,15H2,1H3. The molecule has 1 aliphatic rings. The van der Waals surface area contributed by atoms with Gasteiger partial charge < -0.3 is 15.5 Å². The highest BCUT2D eigenvalue weighted by Gasteiger charge is 2.22. The lowest BCUT2D eigenvalue weighted by Crippen LogP contribution is -2.50. The monoisotopic (exact) mass is 261 g/mol. The Morgan fingerprint density at radius 1 is 1.05 bits per heavy atom. The molecule has 1 aromatic rings. The van der Waals surface area contributed by atoms with E-state index in [9.17, 15) is 9.59 Å². The molecule has 2 rings (SSSR count). The van der Waals surface area contributed by atoms with Crippen LogP contribution in [-0.2, 0) is 11.3 Å². The fourth-order valence-electron chi connectivity index (χ4n) is 2.19. The molecule has 2 amide bonds. The highest BCUT2D eigenvalue weighted by atomic mass is 16.2. The molecule has 0 aromatic heterocycles. The van der Waals surface area contributed by atoms with Gasteiger partial charge in [-0.2, -0.15) is 0 Å². The van der Waals surface area contributed by atoms with Crippen LogP contribution in [0, 0.1) is 0 Å². The Morgan fingerprint density at radius 2 is 1.58 bits per heavy atom. The Morgan fingerprint density at radius 3 is 2.05 bits per heavy atom. The van der Waals surface area contributed by atoms with Gasteiger partial charge in [-0.25, -0.2) is 0 Å². The molecule has 0 radical (unpaired) electrons. The zero-order valence-corrected chi connectivity index (χ0v) is 11.1. The number of hydrogen-bond acceptors (Lipinski definition) is 3. The summed E-state index contributed by atoms with van der Waals surface area (Å²) < 4.78 is 0. The van der Waals surface area contributed by atoms with Gasteiger partial charge in [-0.05, 0) is 17.7 Å². The quantitative estimate of drug-likeness (QED) is 0.840. The summed E-state index contributed by atoms with van der Waals surface area (Å²) in [7, 11) is 0. The van der Waals surface area contributed by atoms with E-state index in [0.717, 1.165) is 5.56 Å². The smallest absolute Gasteiger partial charge is 0.253 e. The van der Waals surface area contributed by atoms with Crippen LogP contribution in [0.5, 0.6) is 0 Å². The van der Waals surface area contributed by atoms with Crippen LogP contribution < -0.4 is 5.73 Å². The summed E-state index contributed by atoms with van der Waals surface area (Å²) in [6, 6.07) is 7.36. The molecule has 0 spiro atoms. The molecule has 1 aromatic carbocycles. The lowest BCUT2D eigenvalue weighted by Gasteiger charge is -2.34. The number of nitrogens with zero attached hydrogens (tertiary/aromatic N) is 2. The van der Waals surface area contributed by atoms with Gasteiger partial charge in [-0.3, -0.25) is 9.59 Å². The lowest BCUT2D eigenvalue weighted by molar-refractivity contribution is -0.130. The van der Waals surface area contributed by atoms with E-state index in [1.807, 2.05) is 24.3 Å². The van der Waals surface area contributed by atoms with E-state index >= 15 is 0 Å². The third-order valence-corrected chi connectivity index (χ3v) is 3.45. The van der Waals surface area contributed by atoms with E-state index in [1.54, 1.807) is 16.7 Å². The van der Waals surface area contributed by atoms with Gasteiger partial charge in [0.05, 0.1) is 0 Å². The number of carbonyl (C=O) groups is 2. The van der Waals surface area contributed by atoms with Crippen molar-refractivity contribution in [3.63, 3.8) is 0 Å². The van der Waals surface area contributed by atoms with Crippen LogP contribution in [0.15, 0.2) is 24.3 Å². The predicted molar refractivity (Wildman–Crippen MR) is 72.5 cm³/mol. The van der Waals surface area contributed by atoms with Crippen molar-refractivity contribution in [3.05, 3.63) is 35.4 Å². The first-order valence-corrected chi connectivity index (χ1v) is 6.45. The molecule has 1 saturated heterocycles. The summed E-state index contributed by atoms with van der Waals surface area (Å²) in [5, 5.41) is 0. The molecule has 0 saturated carbocycles. The number of rotatable bonds is 2. The molecule has 102 valence electrons. The fraction of sp³-hybridized carbons (Fsp3) is 0.429. The maximum absolute atomic E-state index is 12.3. The lowest BCUT2D eigenvalue weighted by atomic mass is 10.1. The van der Waals surface area contributed by atoms with E-state index in [0.29, 0.717) is 38.3 Å². The van der Waals surface area contributed by atoms with Crippen molar-refractivity contribution < 1.29 is 9.59 Å². The largest absolute Gasteiger partial charge is 0.339 e. The maximum Gasteiger partial charge on any atom is 0.253 e. The SMILES string of the molecule is CC(=O)N1CCN(C(=O)c2ccc(CN)cc2)CC1. The minimum atomic E-state index is 0.0202. The number of benzene rings is 1. The van der Waals surface area contributed by atoms with Gasteiger partial charge >= 0.3 is 0 Å². The molecule has 19 heavy (non-hydrogen) atoms. The van der Waals surface area contributed by atoms with Crippen LogP contribution in [0.1, 0.15) is 22.8 Å². The fourth-order valence-corrected chi connectivity index (χ4v) is 2.19. The number of piperazine rings is 1. The molecule has 1 fully saturated rings. The van der Waals surface area contributed by atoms with Crippen LogP contribution >= 0.6 is 0 Å². The highest BCUT2D eigenvalue weighted by Crippen LogP contribution is 2.10. The van der Waals surface area contributed by atoms with Crippen LogP contribution in [0.3, 0.4) is 0 Å². The molecular formula is C14H19N3O2. The van der Waals surface area contributed by atoms with Crippen molar-refractivity contribution in [2.45, 2.75) is 13.5 Å². The van der Waals surface area contributed by atoms with Crippen LogP contribution in [0.2, 0.25) is 0 Å². The highest BCUT2D eigenvalue weighted by molar-refractivity contribution is 5.94. The molecule has 5 nitrogen and oxygen atoms in total. The Kier molecular flexibility index (Phi) is 4.16. The van der Waals surface area contributed by atoms with Gasteiger partial charge in [0.1, 0.15) is 0 Å². The molecule has 5 heteroatoms. The molecule has 0 atom stereocenters. The van der Waals surface area contributed by atoms with Gasteiger partial charge in [0, 0.05) is 45.2 Å². The normalized spacial score (nSPS) is 15.5. The van der Waals surface area contributed by atoms with Gasteiger partial charge in [0.25, 0.3) is 5.91 Å². The van der Waals surface area contributed by atoms with E-state index in [4.69, 9.17) is 5.73 Å². The van der Waals surface area contributed by atoms with Gasteiger partial charge in [0.2, 0.25) is 5.91 Å². The summed E-state index contributed by atoms with van der Waals surface area (Å²) in [4.78, 5) is 27.0. The second-order valence-electron chi connectivity index (χ2n) is 4.70. The third-order valence-electron chi connectivity index (χ3n) is 3.45. The van der Waals surface area contributed by atoms with Gasteiger partial charge in [0.15, 0.2) is 0 Å². The minimum absolute atomic E-state index is 0.0202. The van der Waals surface area contributed by atoms with E-state index < -0.39 is 0 Å². The second kappa shape index (κ2) is 5.84. The van der Waals surface area contributed by atoms with E-state index in [1.165, 1.54) is 0 Å². The van der Waals surface area contributed by atoms with E-state index in [-0.39, 0.29) is 11.8 Å². The minimum Gasteiger partial charge on any atom is -0.339 e. The van der Waals surface area contributed by atoms with Gasteiger partial charge in [-0.1, -0.05) is 12.1 Å². The molecule has 1 heterocycles. The second-order valence-corrected chi connectivity index (χ2v) is 4.70. The summed E-state index contributed by atoms with van der Waals surface area (Å²) in [6.07, 6.45) is 0. The average molecular weight is 261 g/mol. The summed E-state index contributed by atoms with van der Waals surface area (Å²) in [6.45, 7) is 4.45. The van der Waals surface area contributed by atoms with Crippen molar-refractivity contribution >= 4 is 11.8 Å². The van der Waals surface area contributed by atoms with Crippen LogP contribution in [-0.4, -0.2) is 47.8 Å². The van der Waals surface area contributed by atoms with Crippen molar-refractivity contribution in [1.29, 1.82) is 0 Å². The average Bonchev–Trinajstić information content (AvgIpc) is 2.46. The molecule has 1 aliphatic heterocycles. The van der Waals surface area contributed by atoms with Crippen LogP contribution in [0.4, 0.5) is 0 Å². The van der Waals surface area contributed by atoms with Gasteiger partial charge in [-0.15, -0.1) is 0 Å². The van der Waals surface area contributed by atoms with Crippen molar-refractivity contribution in [1.82, 2.24) is 9.80 Å². The molecule has 0 unspecified atom stereocenters. The Labute approximate surface area is 113 Å². The molecular weight excluding hydrogens is 242 g/mol. The third kappa shape index (κ3) is 3.12. The Bertz CT molecular complexity index is 462. The maximum atomic E-state index is 12.3. The summed E-state index contributed by atoms with van der Waals surface area (Å²) >= 11 is 0. The Balaban J connectivity index is 1.98. The zero-order chi connectivity index (χ0) is 13.8. The first-order valence-electron chi connectivity index (χ1n) is 6.45. The summed E-state index contributed by atoms with van der Waals surface area (Å²) in [5.41, 5.74) is 7.22. The first kappa shape index (κ1) is 13.5. The molecule has 0 aliphatic carbocycles. The van der Waals surface area contributed by atoms with Crippen molar-refractivity contribution in [2.24, 2.45) is 5.73 Å². The topological polar surface area (TPSA) is 66.6 Å². The predicted octanol–water partition coefficient (Wildman–Crippen LogP) is 0.450. The first-order chi connectivity index (χ1) is 9.11. The van der Waals surface area contributed by atoms with E-state index in [2.05, 4.69) is 0 Å².